The zero-order chi connectivity index (χ0) is 18.4. The van der Waals surface area contributed by atoms with Gasteiger partial charge in [0.05, 0.1) is 11.4 Å². The number of halogens is 1. The molecule has 26 heavy (non-hydrogen) atoms. The van der Waals surface area contributed by atoms with Gasteiger partial charge in [0.25, 0.3) is 0 Å². The summed E-state index contributed by atoms with van der Waals surface area (Å²) in [5, 5.41) is 11.6. The summed E-state index contributed by atoms with van der Waals surface area (Å²) in [6.07, 6.45) is 2.31. The molecule has 7 heteroatoms. The van der Waals surface area contributed by atoms with Crippen LogP contribution in [-0.4, -0.2) is 33.0 Å². The largest absolute Gasteiger partial charge is 0.355 e. The quantitative estimate of drug-likeness (QED) is 0.649. The summed E-state index contributed by atoms with van der Waals surface area (Å²) in [6, 6.07) is 14.2. The van der Waals surface area contributed by atoms with Crippen molar-refractivity contribution >= 4 is 17.7 Å². The summed E-state index contributed by atoms with van der Waals surface area (Å²) in [5.74, 6) is -0.0723. The fourth-order valence-corrected chi connectivity index (χ4v) is 3.25. The van der Waals surface area contributed by atoms with Gasteiger partial charge in [-0.25, -0.2) is 4.39 Å². The van der Waals surface area contributed by atoms with Gasteiger partial charge in [-0.15, -0.1) is 10.2 Å². The highest BCUT2D eigenvalue weighted by atomic mass is 32.2. The Bertz CT molecular complexity index is 879. The van der Waals surface area contributed by atoms with E-state index in [4.69, 9.17) is 0 Å². The number of thioether (sulfide) groups is 1. The molecule has 1 heterocycles. The topological polar surface area (TPSA) is 59.8 Å². The molecule has 0 radical (unpaired) electrons. The molecular weight excluding hydrogens is 351 g/mol. The van der Waals surface area contributed by atoms with Crippen molar-refractivity contribution in [3.63, 3.8) is 0 Å². The molecule has 0 aliphatic rings. The summed E-state index contributed by atoms with van der Waals surface area (Å²) in [5.41, 5.74) is 3.09. The number of hydrogen-bond donors (Lipinski definition) is 1. The molecule has 3 rings (SSSR count). The smallest absolute Gasteiger partial charge is 0.230 e. The zero-order valence-corrected chi connectivity index (χ0v) is 15.2. The van der Waals surface area contributed by atoms with E-state index in [9.17, 15) is 9.18 Å². The van der Waals surface area contributed by atoms with Gasteiger partial charge in [0.2, 0.25) is 5.91 Å². The molecule has 0 unspecified atom stereocenters. The lowest BCUT2D eigenvalue weighted by molar-refractivity contribution is -0.118. The molecular formula is C19H19FN4OS. The molecule has 0 spiro atoms. The number of hydrogen-bond acceptors (Lipinski definition) is 4. The highest BCUT2D eigenvalue weighted by Crippen LogP contribution is 2.21. The monoisotopic (exact) mass is 370 g/mol. The Balaban J connectivity index is 1.50. The zero-order valence-electron chi connectivity index (χ0n) is 14.4. The van der Waals surface area contributed by atoms with E-state index in [-0.39, 0.29) is 17.5 Å². The maximum Gasteiger partial charge on any atom is 0.230 e. The maximum atomic E-state index is 12.9. The van der Waals surface area contributed by atoms with E-state index < -0.39 is 0 Å². The SMILES string of the molecule is Cc1ccccc1-n1cnnc1SCC(=O)NCCc1ccc(F)cc1. The van der Waals surface area contributed by atoms with Crippen molar-refractivity contribution in [3.05, 3.63) is 71.8 Å². The second-order valence-electron chi connectivity index (χ2n) is 5.79. The Morgan fingerprint density at radius 3 is 2.73 bits per heavy atom. The Morgan fingerprint density at radius 1 is 1.19 bits per heavy atom. The van der Waals surface area contributed by atoms with Crippen LogP contribution in [0.3, 0.4) is 0 Å². The van der Waals surface area contributed by atoms with Crippen molar-refractivity contribution in [2.75, 3.05) is 12.3 Å². The lowest BCUT2D eigenvalue weighted by atomic mass is 10.1. The van der Waals surface area contributed by atoms with Crippen LogP contribution in [0.5, 0.6) is 0 Å². The second kappa shape index (κ2) is 8.62. The van der Waals surface area contributed by atoms with Gasteiger partial charge in [-0.2, -0.15) is 0 Å². The van der Waals surface area contributed by atoms with E-state index in [1.165, 1.54) is 23.9 Å². The number of rotatable bonds is 7. The Labute approximate surface area is 155 Å². The van der Waals surface area contributed by atoms with Crippen LogP contribution >= 0.6 is 11.8 Å². The van der Waals surface area contributed by atoms with Crippen LogP contribution < -0.4 is 5.32 Å². The van der Waals surface area contributed by atoms with Crippen LogP contribution in [0.2, 0.25) is 0 Å². The lowest BCUT2D eigenvalue weighted by Gasteiger charge is -2.09. The van der Waals surface area contributed by atoms with Gasteiger partial charge >= 0.3 is 0 Å². The van der Waals surface area contributed by atoms with Gasteiger partial charge in [-0.3, -0.25) is 9.36 Å². The van der Waals surface area contributed by atoms with Crippen molar-refractivity contribution in [1.29, 1.82) is 0 Å². The van der Waals surface area contributed by atoms with E-state index in [0.717, 1.165) is 16.8 Å². The van der Waals surface area contributed by atoms with Crippen molar-refractivity contribution < 1.29 is 9.18 Å². The van der Waals surface area contributed by atoms with Gasteiger partial charge in [0.15, 0.2) is 5.16 Å². The Kier molecular flexibility index (Phi) is 6.01. The predicted octanol–water partition coefficient (Wildman–Crippen LogP) is 3.17. The molecule has 1 amide bonds. The first-order valence-corrected chi connectivity index (χ1v) is 9.22. The third kappa shape index (κ3) is 4.70. The summed E-state index contributed by atoms with van der Waals surface area (Å²) in [4.78, 5) is 12.0. The van der Waals surface area contributed by atoms with E-state index >= 15 is 0 Å². The molecule has 0 bridgehead atoms. The molecule has 0 saturated carbocycles. The number of aromatic nitrogens is 3. The number of carbonyl (C=O) groups excluding carboxylic acids is 1. The summed E-state index contributed by atoms with van der Waals surface area (Å²) in [7, 11) is 0. The molecule has 0 fully saturated rings. The maximum absolute atomic E-state index is 12.9. The van der Waals surface area contributed by atoms with E-state index in [0.29, 0.717) is 18.1 Å². The van der Waals surface area contributed by atoms with Crippen molar-refractivity contribution in [1.82, 2.24) is 20.1 Å². The molecule has 134 valence electrons. The van der Waals surface area contributed by atoms with E-state index in [2.05, 4.69) is 15.5 Å². The fourth-order valence-electron chi connectivity index (χ4n) is 2.50. The van der Waals surface area contributed by atoms with Crippen LogP contribution in [0.25, 0.3) is 5.69 Å². The minimum absolute atomic E-state index is 0.0727. The summed E-state index contributed by atoms with van der Waals surface area (Å²) >= 11 is 1.34. The first-order chi connectivity index (χ1) is 12.6. The average Bonchev–Trinajstić information content (AvgIpc) is 3.10. The molecule has 1 aromatic heterocycles. The standard InChI is InChI=1S/C19H19FN4OS/c1-14-4-2-3-5-17(14)24-13-22-23-19(24)26-12-18(25)21-11-10-15-6-8-16(20)9-7-15/h2-9,13H,10-12H2,1H3,(H,21,25). The number of carbonyl (C=O) groups is 1. The van der Waals surface area contributed by atoms with Crippen molar-refractivity contribution in [2.24, 2.45) is 0 Å². The highest BCUT2D eigenvalue weighted by molar-refractivity contribution is 7.99. The van der Waals surface area contributed by atoms with E-state index in [1.54, 1.807) is 18.5 Å². The summed E-state index contributed by atoms with van der Waals surface area (Å²) < 4.78 is 14.7. The van der Waals surface area contributed by atoms with Crippen LogP contribution in [0.15, 0.2) is 60.0 Å². The van der Waals surface area contributed by atoms with Crippen LogP contribution in [-0.2, 0) is 11.2 Å². The number of nitrogens with one attached hydrogen (secondary N) is 1. The van der Waals surface area contributed by atoms with Gasteiger partial charge in [0, 0.05) is 6.54 Å². The minimum atomic E-state index is -0.257. The molecule has 2 aromatic carbocycles. The van der Waals surface area contributed by atoms with Crippen molar-refractivity contribution in [2.45, 2.75) is 18.5 Å². The number of nitrogens with zero attached hydrogens (tertiary/aromatic N) is 3. The van der Waals surface area contributed by atoms with Crippen LogP contribution in [0, 0.1) is 12.7 Å². The van der Waals surface area contributed by atoms with Crippen molar-refractivity contribution in [3.8, 4) is 5.69 Å². The normalized spacial score (nSPS) is 10.7. The number of para-hydroxylation sites is 1. The number of benzene rings is 2. The highest BCUT2D eigenvalue weighted by Gasteiger charge is 2.11. The minimum Gasteiger partial charge on any atom is -0.355 e. The molecule has 0 aliphatic carbocycles. The predicted molar refractivity (Wildman–Crippen MR) is 99.9 cm³/mol. The second-order valence-corrected chi connectivity index (χ2v) is 6.73. The fraction of sp³-hybridized carbons (Fsp3) is 0.211. The third-order valence-corrected chi connectivity index (χ3v) is 4.82. The Morgan fingerprint density at radius 2 is 1.96 bits per heavy atom. The summed E-state index contributed by atoms with van der Waals surface area (Å²) in [6.45, 7) is 2.53. The number of aryl methyl sites for hydroxylation is 1. The lowest BCUT2D eigenvalue weighted by Crippen LogP contribution is -2.27. The first-order valence-electron chi connectivity index (χ1n) is 8.23. The number of amides is 1. The third-order valence-electron chi connectivity index (χ3n) is 3.87. The van der Waals surface area contributed by atoms with Gasteiger partial charge < -0.3 is 5.32 Å². The molecule has 5 nitrogen and oxygen atoms in total. The van der Waals surface area contributed by atoms with Gasteiger partial charge in [0.1, 0.15) is 12.1 Å². The molecule has 0 atom stereocenters. The van der Waals surface area contributed by atoms with Gasteiger partial charge in [-0.05, 0) is 42.7 Å². The molecule has 3 aromatic rings. The van der Waals surface area contributed by atoms with Crippen LogP contribution in [0.4, 0.5) is 4.39 Å². The first kappa shape index (κ1) is 18.1. The van der Waals surface area contributed by atoms with Crippen LogP contribution in [0.1, 0.15) is 11.1 Å². The molecule has 0 aliphatic heterocycles. The van der Waals surface area contributed by atoms with E-state index in [1.807, 2.05) is 35.8 Å². The molecule has 0 saturated heterocycles. The Hall–Kier alpha value is -2.67. The molecule has 1 N–H and O–H groups in total. The average molecular weight is 370 g/mol. The van der Waals surface area contributed by atoms with Gasteiger partial charge in [-0.1, -0.05) is 42.1 Å².